The van der Waals surface area contributed by atoms with Crippen LogP contribution in [0.25, 0.3) is 11.4 Å². The fraction of sp³-hybridized carbons (Fsp3) is 0.111. The lowest BCUT2D eigenvalue weighted by Crippen LogP contribution is -2.17. The van der Waals surface area contributed by atoms with E-state index in [1.165, 1.54) is 0 Å². The highest BCUT2D eigenvalue weighted by atomic mass is 19.4. The minimum absolute atomic E-state index is 0.0386. The van der Waals surface area contributed by atoms with Crippen LogP contribution < -0.4 is 16.8 Å². The van der Waals surface area contributed by atoms with Crippen LogP contribution in [0, 0.1) is 6.92 Å². The quantitative estimate of drug-likeness (QED) is 0.516. The van der Waals surface area contributed by atoms with Gasteiger partial charge in [0.15, 0.2) is 5.82 Å². The highest BCUT2D eigenvalue weighted by Gasteiger charge is 2.35. The van der Waals surface area contributed by atoms with Gasteiger partial charge in [-0.15, -0.1) is 0 Å². The molecule has 0 saturated carbocycles. The predicted octanol–water partition coefficient (Wildman–Crippen LogP) is 3.30. The van der Waals surface area contributed by atoms with E-state index in [1.54, 1.807) is 12.3 Å². The smallest absolute Gasteiger partial charge is 0.405 e. The summed E-state index contributed by atoms with van der Waals surface area (Å²) in [5.41, 5.74) is 10.2. The third-order valence-corrected chi connectivity index (χ3v) is 3.51. The molecule has 0 spiro atoms. The fourth-order valence-corrected chi connectivity index (χ4v) is 2.16. The molecule has 0 atom stereocenters. The zero-order chi connectivity index (χ0) is 20.9. The van der Waals surface area contributed by atoms with Crippen molar-refractivity contribution < 1.29 is 13.2 Å². The minimum Gasteiger partial charge on any atom is -0.405 e. The summed E-state index contributed by atoms with van der Waals surface area (Å²) in [5.74, 6) is 0.464. The van der Waals surface area contributed by atoms with E-state index in [2.05, 4.69) is 38.6 Å². The van der Waals surface area contributed by atoms with Gasteiger partial charge < -0.3 is 16.8 Å². The number of pyridine rings is 1. The Bertz CT molecular complexity index is 945. The molecule has 0 bridgehead atoms. The number of nitrogens with two attached hydrogens (primary N) is 2. The van der Waals surface area contributed by atoms with Gasteiger partial charge in [0.25, 0.3) is 0 Å². The van der Waals surface area contributed by atoms with E-state index in [-0.39, 0.29) is 17.2 Å². The van der Waals surface area contributed by atoms with Crippen LogP contribution in [-0.4, -0.2) is 27.8 Å². The fourth-order valence-electron chi connectivity index (χ4n) is 2.16. The van der Waals surface area contributed by atoms with Gasteiger partial charge in [0.05, 0.1) is 23.2 Å². The molecule has 0 fully saturated rings. The van der Waals surface area contributed by atoms with Crippen LogP contribution in [0.5, 0.6) is 0 Å². The van der Waals surface area contributed by atoms with Crippen LogP contribution in [0.4, 0.5) is 24.8 Å². The van der Waals surface area contributed by atoms with Crippen molar-refractivity contribution in [2.45, 2.75) is 13.1 Å². The molecule has 5 N–H and O–H groups in total. The SMILES string of the molecule is C=Nc1nc(/C(N)=C(/C=C\N)C(F)(F)F)cnc1C(=C)Nc1ccc(C)cn1. The Morgan fingerprint density at radius 2 is 1.96 bits per heavy atom. The maximum Gasteiger partial charge on any atom is 0.418 e. The molecule has 0 saturated heterocycles. The zero-order valence-corrected chi connectivity index (χ0v) is 15.0. The van der Waals surface area contributed by atoms with Gasteiger partial charge in [-0.1, -0.05) is 12.6 Å². The van der Waals surface area contributed by atoms with Crippen molar-refractivity contribution in [3.05, 3.63) is 65.9 Å². The van der Waals surface area contributed by atoms with E-state index in [0.717, 1.165) is 18.0 Å². The van der Waals surface area contributed by atoms with Crippen molar-refractivity contribution >= 4 is 29.7 Å². The summed E-state index contributed by atoms with van der Waals surface area (Å²) in [4.78, 5) is 16.0. The van der Waals surface area contributed by atoms with Crippen LogP contribution in [0.3, 0.4) is 0 Å². The lowest BCUT2D eigenvalue weighted by atomic mass is 10.1. The Kier molecular flexibility index (Phi) is 6.14. The number of aliphatic imine (C=N–C) groups is 1. The lowest BCUT2D eigenvalue weighted by Gasteiger charge is -2.14. The summed E-state index contributed by atoms with van der Waals surface area (Å²) in [6, 6.07) is 3.58. The van der Waals surface area contributed by atoms with E-state index >= 15 is 0 Å². The van der Waals surface area contributed by atoms with Crippen LogP contribution in [0.2, 0.25) is 0 Å². The monoisotopic (exact) mass is 389 g/mol. The highest BCUT2D eigenvalue weighted by molar-refractivity contribution is 5.78. The van der Waals surface area contributed by atoms with E-state index in [1.807, 2.05) is 13.0 Å². The van der Waals surface area contributed by atoms with Gasteiger partial charge in [-0.3, -0.25) is 0 Å². The van der Waals surface area contributed by atoms with Crippen LogP contribution in [0.15, 0.2) is 53.9 Å². The molecule has 10 heteroatoms. The van der Waals surface area contributed by atoms with Crippen LogP contribution >= 0.6 is 0 Å². The van der Waals surface area contributed by atoms with Gasteiger partial charge in [-0.05, 0) is 37.5 Å². The van der Waals surface area contributed by atoms with Crippen molar-refractivity contribution in [1.29, 1.82) is 0 Å². The van der Waals surface area contributed by atoms with Gasteiger partial charge in [0, 0.05) is 6.20 Å². The number of allylic oxidation sites excluding steroid dienone is 2. The maximum atomic E-state index is 13.1. The molecule has 28 heavy (non-hydrogen) atoms. The summed E-state index contributed by atoms with van der Waals surface area (Å²) in [6.45, 7) is 9.10. The molecule has 0 aliphatic rings. The molecule has 0 amide bonds. The van der Waals surface area contributed by atoms with E-state index in [9.17, 15) is 13.2 Å². The van der Waals surface area contributed by atoms with E-state index in [4.69, 9.17) is 11.5 Å². The van der Waals surface area contributed by atoms with Crippen molar-refractivity contribution in [3.63, 3.8) is 0 Å². The van der Waals surface area contributed by atoms with Gasteiger partial charge in [0.1, 0.15) is 17.2 Å². The molecule has 0 radical (unpaired) electrons. The second-order valence-electron chi connectivity index (χ2n) is 5.59. The summed E-state index contributed by atoms with van der Waals surface area (Å²) in [7, 11) is 0. The molecular formula is C18H18F3N7. The summed E-state index contributed by atoms with van der Waals surface area (Å²) in [5, 5.41) is 2.93. The number of nitrogens with zero attached hydrogens (tertiary/aromatic N) is 4. The van der Waals surface area contributed by atoms with Gasteiger partial charge in [-0.25, -0.2) is 19.9 Å². The number of anilines is 1. The molecule has 2 aromatic rings. The average molecular weight is 389 g/mol. The van der Waals surface area contributed by atoms with Gasteiger partial charge in [-0.2, -0.15) is 13.2 Å². The molecule has 0 aromatic carbocycles. The topological polar surface area (TPSA) is 115 Å². The van der Waals surface area contributed by atoms with Crippen molar-refractivity contribution in [2.24, 2.45) is 16.5 Å². The molecule has 2 heterocycles. The standard InChI is InChI=1S/C18H18F3N7/c1-10-4-5-14(25-8-10)27-11(2)16-17(24-3)28-13(9-26-16)15(23)12(6-7-22)18(19,20)21/h4-9H,2-3,22-23H2,1H3,(H,25,27)/b7-6-,15-12+. The number of nitrogens with one attached hydrogen (secondary N) is 1. The lowest BCUT2D eigenvalue weighted by molar-refractivity contribution is -0.0877. The molecule has 7 nitrogen and oxygen atoms in total. The molecule has 2 rings (SSSR count). The first-order valence-corrected chi connectivity index (χ1v) is 7.85. The van der Waals surface area contributed by atoms with Gasteiger partial charge in [0.2, 0.25) is 0 Å². The molecule has 0 aliphatic heterocycles. The Balaban J connectivity index is 2.42. The number of aromatic nitrogens is 3. The van der Waals surface area contributed by atoms with Crippen LogP contribution in [0.1, 0.15) is 17.0 Å². The number of alkyl halides is 3. The number of halogens is 3. The van der Waals surface area contributed by atoms with Crippen molar-refractivity contribution in [1.82, 2.24) is 15.0 Å². The Morgan fingerprint density at radius 3 is 2.50 bits per heavy atom. The Labute approximate surface area is 159 Å². The minimum atomic E-state index is -4.72. The molecular weight excluding hydrogens is 371 g/mol. The average Bonchev–Trinajstić information content (AvgIpc) is 2.65. The van der Waals surface area contributed by atoms with Gasteiger partial charge >= 0.3 is 6.18 Å². The predicted molar refractivity (Wildman–Crippen MR) is 103 cm³/mol. The number of rotatable bonds is 6. The Morgan fingerprint density at radius 1 is 1.25 bits per heavy atom. The Hall–Kier alpha value is -3.69. The second kappa shape index (κ2) is 8.33. The molecule has 2 aromatic heterocycles. The summed E-state index contributed by atoms with van der Waals surface area (Å²) < 4.78 is 39.4. The second-order valence-corrected chi connectivity index (χ2v) is 5.59. The van der Waals surface area contributed by atoms with Crippen LogP contribution in [-0.2, 0) is 0 Å². The molecule has 146 valence electrons. The number of aryl methyl sites for hydroxylation is 1. The first-order chi connectivity index (χ1) is 13.2. The number of hydrogen-bond acceptors (Lipinski definition) is 7. The highest BCUT2D eigenvalue weighted by Crippen LogP contribution is 2.31. The largest absolute Gasteiger partial charge is 0.418 e. The normalized spacial score (nSPS) is 12.6. The first-order valence-electron chi connectivity index (χ1n) is 7.85. The first kappa shape index (κ1) is 20.6. The third kappa shape index (κ3) is 4.72. The van der Waals surface area contributed by atoms with Crippen molar-refractivity contribution in [2.75, 3.05) is 5.32 Å². The molecule has 0 unspecified atom stereocenters. The van der Waals surface area contributed by atoms with E-state index in [0.29, 0.717) is 17.6 Å². The zero-order valence-electron chi connectivity index (χ0n) is 15.0. The summed E-state index contributed by atoms with van der Waals surface area (Å²) in [6.07, 6.45) is -0.582. The number of hydrogen-bond donors (Lipinski definition) is 3. The third-order valence-electron chi connectivity index (χ3n) is 3.51. The van der Waals surface area contributed by atoms with E-state index < -0.39 is 17.4 Å². The maximum absolute atomic E-state index is 13.1. The van der Waals surface area contributed by atoms with Crippen molar-refractivity contribution in [3.8, 4) is 0 Å². The molecule has 0 aliphatic carbocycles. The summed E-state index contributed by atoms with van der Waals surface area (Å²) >= 11 is 0.